The van der Waals surface area contributed by atoms with Crippen molar-refractivity contribution in [3.05, 3.63) is 41.5 Å². The highest BCUT2D eigenvalue weighted by Gasteiger charge is 2.64. The predicted octanol–water partition coefficient (Wildman–Crippen LogP) is 3.41. The van der Waals surface area contributed by atoms with Crippen molar-refractivity contribution in [1.82, 2.24) is 4.90 Å². The number of hydrogen-bond donors (Lipinski definition) is 1. The molecule has 0 radical (unpaired) electrons. The normalized spacial score (nSPS) is 45.3. The fourth-order valence-corrected chi connectivity index (χ4v) is 6.12. The van der Waals surface area contributed by atoms with Gasteiger partial charge in [0, 0.05) is 29.7 Å². The van der Waals surface area contributed by atoms with Crippen molar-refractivity contribution in [3.63, 3.8) is 0 Å². The zero-order valence-electron chi connectivity index (χ0n) is 13.0. The van der Waals surface area contributed by atoms with Crippen molar-refractivity contribution < 1.29 is 0 Å². The summed E-state index contributed by atoms with van der Waals surface area (Å²) in [6.07, 6.45) is 5.10. The first-order valence-electron chi connectivity index (χ1n) is 8.51. The lowest BCUT2D eigenvalue weighted by Gasteiger charge is -2.54. The molecule has 4 aliphatic rings. The quantitative estimate of drug-likeness (QED) is 0.733. The van der Waals surface area contributed by atoms with Gasteiger partial charge in [-0.25, -0.2) is 0 Å². The van der Waals surface area contributed by atoms with Crippen LogP contribution in [0.2, 0.25) is 0 Å². The van der Waals surface area contributed by atoms with Crippen LogP contribution in [0.25, 0.3) is 0 Å². The topological polar surface area (TPSA) is 15.3 Å². The highest BCUT2D eigenvalue weighted by molar-refractivity contribution is 5.64. The molecule has 0 aromatic heterocycles. The number of piperidine rings is 1. The van der Waals surface area contributed by atoms with Gasteiger partial charge in [-0.2, -0.15) is 0 Å². The third-order valence-electron chi connectivity index (χ3n) is 7.01. The molecule has 1 aromatic carbocycles. The molecule has 110 valence electrons. The van der Waals surface area contributed by atoms with E-state index >= 15 is 0 Å². The number of rotatable bonds is 0. The average molecular weight is 280 g/mol. The van der Waals surface area contributed by atoms with Gasteiger partial charge in [0.05, 0.1) is 0 Å². The van der Waals surface area contributed by atoms with Crippen LogP contribution in [0.1, 0.15) is 32.3 Å². The van der Waals surface area contributed by atoms with Crippen LogP contribution in [0.15, 0.2) is 35.9 Å². The van der Waals surface area contributed by atoms with E-state index in [1.807, 2.05) is 0 Å². The van der Waals surface area contributed by atoms with Gasteiger partial charge in [-0.3, -0.25) is 4.90 Å². The molecular weight excluding hydrogens is 256 g/mol. The van der Waals surface area contributed by atoms with Crippen molar-refractivity contribution in [3.8, 4) is 0 Å². The Morgan fingerprint density at radius 2 is 2.19 bits per heavy atom. The minimum absolute atomic E-state index is 0.381. The Hall–Kier alpha value is -1.28. The maximum Gasteiger partial charge on any atom is 0.0405 e. The summed E-state index contributed by atoms with van der Waals surface area (Å²) in [6, 6.07) is 10.5. The first kappa shape index (κ1) is 12.3. The number of nitrogens with one attached hydrogen (secondary N) is 1. The summed E-state index contributed by atoms with van der Waals surface area (Å²) in [5.41, 5.74) is 5.08. The Balaban J connectivity index is 1.71. The van der Waals surface area contributed by atoms with Crippen LogP contribution in [-0.4, -0.2) is 30.1 Å². The first-order chi connectivity index (χ1) is 10.3. The van der Waals surface area contributed by atoms with E-state index in [-0.39, 0.29) is 0 Å². The molecule has 3 heterocycles. The maximum atomic E-state index is 3.92. The van der Waals surface area contributed by atoms with Gasteiger partial charge >= 0.3 is 0 Å². The highest BCUT2D eigenvalue weighted by Crippen LogP contribution is 2.60. The molecule has 5 rings (SSSR count). The smallest absolute Gasteiger partial charge is 0.0405 e. The Bertz CT molecular complexity index is 634. The molecule has 3 aliphatic heterocycles. The highest BCUT2D eigenvalue weighted by atomic mass is 15.2. The summed E-state index contributed by atoms with van der Waals surface area (Å²) in [7, 11) is 0. The van der Waals surface area contributed by atoms with Gasteiger partial charge < -0.3 is 5.32 Å². The minimum Gasteiger partial charge on any atom is -0.381 e. The number of para-hydroxylation sites is 1. The first-order valence-corrected chi connectivity index (χ1v) is 8.51. The Kier molecular flexibility index (Phi) is 2.29. The van der Waals surface area contributed by atoms with E-state index in [1.165, 1.54) is 31.6 Å². The number of allylic oxidation sites excluding steroid dienone is 1. The van der Waals surface area contributed by atoms with Crippen molar-refractivity contribution in [2.75, 3.05) is 18.4 Å². The van der Waals surface area contributed by atoms with E-state index in [4.69, 9.17) is 0 Å². The van der Waals surface area contributed by atoms with Gasteiger partial charge in [0.25, 0.3) is 0 Å². The van der Waals surface area contributed by atoms with Crippen LogP contribution in [0.5, 0.6) is 0 Å². The summed E-state index contributed by atoms with van der Waals surface area (Å²) in [5.74, 6) is 1.52. The lowest BCUT2D eigenvalue weighted by atomic mass is 9.56. The lowest BCUT2D eigenvalue weighted by Crippen LogP contribution is -2.61. The van der Waals surface area contributed by atoms with Gasteiger partial charge in [-0.15, -0.1) is 0 Å². The molecule has 2 nitrogen and oxygen atoms in total. The van der Waals surface area contributed by atoms with Crippen LogP contribution >= 0.6 is 0 Å². The van der Waals surface area contributed by atoms with E-state index in [9.17, 15) is 0 Å². The molecule has 1 aromatic rings. The number of fused-ring (bicyclic) bond motifs is 2. The second-order valence-corrected chi connectivity index (χ2v) is 7.51. The summed E-state index contributed by atoms with van der Waals surface area (Å²) < 4.78 is 0. The second kappa shape index (κ2) is 3.92. The molecular formula is C19H24N2. The largest absolute Gasteiger partial charge is 0.381 e. The predicted molar refractivity (Wildman–Crippen MR) is 86.5 cm³/mol. The lowest BCUT2D eigenvalue weighted by molar-refractivity contribution is 0.0642. The molecule has 1 spiro atoms. The standard InChI is InChI=1S/C19H24N2/c1-3-13-11-21-9-8-19-15-6-4-5-7-16(15)20-18(19)12(2)14(13)10-17(19)21/h3-7,12,14,17-18,20H,8-11H2,1-2H3/b13-3+/t12-,14-,17-,18-,19-/m1/s1. The molecule has 1 N–H and O–H groups in total. The number of benzene rings is 1. The average Bonchev–Trinajstić information content (AvgIpc) is 3.07. The molecule has 0 unspecified atom stereocenters. The van der Waals surface area contributed by atoms with Crippen LogP contribution in [0.4, 0.5) is 5.69 Å². The summed E-state index contributed by atoms with van der Waals surface area (Å²) >= 11 is 0. The van der Waals surface area contributed by atoms with E-state index in [0.717, 1.165) is 17.9 Å². The zero-order chi connectivity index (χ0) is 14.2. The molecule has 1 saturated carbocycles. The second-order valence-electron chi connectivity index (χ2n) is 7.51. The van der Waals surface area contributed by atoms with E-state index < -0.39 is 0 Å². The van der Waals surface area contributed by atoms with Crippen molar-refractivity contribution in [2.45, 2.75) is 44.2 Å². The van der Waals surface area contributed by atoms with Gasteiger partial charge in [0.15, 0.2) is 0 Å². The molecule has 5 atom stereocenters. The van der Waals surface area contributed by atoms with Gasteiger partial charge in [-0.05, 0) is 49.8 Å². The van der Waals surface area contributed by atoms with Gasteiger partial charge in [-0.1, -0.05) is 36.8 Å². The monoisotopic (exact) mass is 280 g/mol. The zero-order valence-corrected chi connectivity index (χ0v) is 13.0. The molecule has 2 bridgehead atoms. The fraction of sp³-hybridized carbons (Fsp3) is 0.579. The maximum absolute atomic E-state index is 3.92. The van der Waals surface area contributed by atoms with Gasteiger partial charge in [0.2, 0.25) is 0 Å². The third kappa shape index (κ3) is 1.29. The summed E-state index contributed by atoms with van der Waals surface area (Å²) in [5, 5.41) is 3.92. The fourth-order valence-electron chi connectivity index (χ4n) is 6.12. The van der Waals surface area contributed by atoms with Crippen molar-refractivity contribution >= 4 is 5.69 Å². The molecule has 2 heteroatoms. The molecule has 1 aliphatic carbocycles. The molecule has 3 fully saturated rings. The van der Waals surface area contributed by atoms with Crippen LogP contribution in [-0.2, 0) is 5.41 Å². The van der Waals surface area contributed by atoms with Crippen molar-refractivity contribution in [2.24, 2.45) is 11.8 Å². The summed E-state index contributed by atoms with van der Waals surface area (Å²) in [6.45, 7) is 7.21. The molecule has 21 heavy (non-hydrogen) atoms. The summed E-state index contributed by atoms with van der Waals surface area (Å²) in [4.78, 5) is 2.77. The third-order valence-corrected chi connectivity index (χ3v) is 7.01. The van der Waals surface area contributed by atoms with Crippen LogP contribution in [0, 0.1) is 11.8 Å². The molecule has 2 saturated heterocycles. The van der Waals surface area contributed by atoms with Crippen LogP contribution < -0.4 is 5.32 Å². The van der Waals surface area contributed by atoms with Gasteiger partial charge in [0.1, 0.15) is 0 Å². The number of hydrogen-bond acceptors (Lipinski definition) is 2. The van der Waals surface area contributed by atoms with Crippen molar-refractivity contribution in [1.29, 1.82) is 0 Å². The van der Waals surface area contributed by atoms with E-state index in [2.05, 4.69) is 54.4 Å². The molecule has 0 amide bonds. The van der Waals surface area contributed by atoms with Crippen LogP contribution in [0.3, 0.4) is 0 Å². The van der Waals surface area contributed by atoms with E-state index in [1.54, 1.807) is 11.1 Å². The number of anilines is 1. The Morgan fingerprint density at radius 1 is 1.33 bits per heavy atom. The SMILES string of the molecule is C/C=C1\CN2CC[C@]34c5ccccc5N[C@@H]3[C@H](C)[C@H]1C[C@@H]24. The Morgan fingerprint density at radius 3 is 3.05 bits per heavy atom. The van der Waals surface area contributed by atoms with E-state index in [0.29, 0.717) is 11.5 Å². The minimum atomic E-state index is 0.381. The number of nitrogens with zero attached hydrogens (tertiary/aromatic N) is 1. The Labute approximate surface area is 127 Å².